The molecular formula is C20H20N2O6. The molecule has 28 heavy (non-hydrogen) atoms. The third kappa shape index (κ3) is 3.71. The maximum atomic E-state index is 12.9. The van der Waals surface area contributed by atoms with Gasteiger partial charge in [-0.2, -0.15) is 0 Å². The summed E-state index contributed by atoms with van der Waals surface area (Å²) in [6.45, 7) is 2.29. The number of nitrogens with one attached hydrogen (secondary N) is 1. The van der Waals surface area contributed by atoms with Gasteiger partial charge in [0, 0.05) is 12.5 Å². The quantitative estimate of drug-likeness (QED) is 0.344. The highest BCUT2D eigenvalue weighted by atomic mass is 16.5. The van der Waals surface area contributed by atoms with E-state index >= 15 is 0 Å². The van der Waals surface area contributed by atoms with Gasteiger partial charge in [-0.15, -0.1) is 0 Å². The molecule has 1 aromatic rings. The summed E-state index contributed by atoms with van der Waals surface area (Å²) in [6.07, 6.45) is 4.43. The lowest BCUT2D eigenvalue weighted by molar-refractivity contribution is -0.138. The van der Waals surface area contributed by atoms with Gasteiger partial charge in [-0.05, 0) is 30.5 Å². The minimum atomic E-state index is -1.03. The topological polar surface area (TPSA) is 110 Å². The maximum Gasteiger partial charge on any atom is 0.330 e. The lowest BCUT2D eigenvalue weighted by atomic mass is 10.0. The molecule has 0 saturated carbocycles. The Hall–Kier alpha value is -3.29. The number of esters is 1. The lowest BCUT2D eigenvalue weighted by Crippen LogP contribution is -2.54. The van der Waals surface area contributed by atoms with Crippen LogP contribution in [0.2, 0.25) is 0 Å². The fraction of sp³-hybridized carbons (Fsp3) is 0.350. The monoisotopic (exact) mass is 384 g/mol. The number of hydrogen-bond acceptors (Lipinski definition) is 6. The molecule has 8 nitrogen and oxygen atoms in total. The molecule has 1 fully saturated rings. The number of rotatable bonds is 6. The van der Waals surface area contributed by atoms with Crippen LogP contribution in [-0.2, 0) is 19.1 Å². The summed E-state index contributed by atoms with van der Waals surface area (Å²) in [5.41, 5.74) is 0.684. The van der Waals surface area contributed by atoms with Crippen LogP contribution in [0.25, 0.3) is 6.08 Å². The van der Waals surface area contributed by atoms with Crippen LogP contribution in [0.1, 0.15) is 58.9 Å². The molecule has 0 bridgehead atoms. The van der Waals surface area contributed by atoms with E-state index in [4.69, 9.17) is 4.74 Å². The number of amides is 4. The summed E-state index contributed by atoms with van der Waals surface area (Å²) >= 11 is 0. The molecule has 0 aliphatic carbocycles. The van der Waals surface area contributed by atoms with Crippen molar-refractivity contribution < 1.29 is 28.7 Å². The number of carbonyl (C=O) groups excluding carboxylic acids is 5. The van der Waals surface area contributed by atoms with E-state index in [0.717, 1.165) is 17.7 Å². The largest absolute Gasteiger partial charge is 0.463 e. The van der Waals surface area contributed by atoms with Crippen LogP contribution >= 0.6 is 0 Å². The molecule has 146 valence electrons. The Bertz CT molecular complexity index is 889. The Kier molecular flexibility index (Phi) is 5.67. The van der Waals surface area contributed by atoms with Crippen LogP contribution in [0, 0.1) is 0 Å². The average Bonchev–Trinajstić information content (AvgIpc) is 2.92. The highest BCUT2D eigenvalue weighted by Crippen LogP contribution is 2.30. The van der Waals surface area contributed by atoms with Crippen LogP contribution in [0.5, 0.6) is 0 Å². The van der Waals surface area contributed by atoms with Crippen LogP contribution < -0.4 is 5.32 Å². The zero-order valence-electron chi connectivity index (χ0n) is 15.4. The van der Waals surface area contributed by atoms with E-state index in [-0.39, 0.29) is 24.0 Å². The third-order valence-corrected chi connectivity index (χ3v) is 4.64. The second kappa shape index (κ2) is 8.16. The Morgan fingerprint density at radius 2 is 2.04 bits per heavy atom. The van der Waals surface area contributed by atoms with Crippen molar-refractivity contribution in [3.63, 3.8) is 0 Å². The number of hydrogen-bond donors (Lipinski definition) is 1. The fourth-order valence-electron chi connectivity index (χ4n) is 3.20. The molecule has 0 radical (unpaired) electrons. The normalized spacial score (nSPS) is 19.2. The molecule has 3 rings (SSSR count). The zero-order chi connectivity index (χ0) is 20.3. The zero-order valence-corrected chi connectivity index (χ0v) is 15.4. The first kappa shape index (κ1) is 19.5. The van der Waals surface area contributed by atoms with E-state index < -0.39 is 35.6 Å². The van der Waals surface area contributed by atoms with Gasteiger partial charge in [0.15, 0.2) is 0 Å². The van der Waals surface area contributed by atoms with Gasteiger partial charge in [-0.3, -0.25) is 29.4 Å². The van der Waals surface area contributed by atoms with Crippen LogP contribution in [-0.4, -0.2) is 47.1 Å². The van der Waals surface area contributed by atoms with Crippen molar-refractivity contribution in [1.29, 1.82) is 0 Å². The van der Waals surface area contributed by atoms with Crippen LogP contribution in [0.3, 0.4) is 0 Å². The molecule has 2 aliphatic rings. The van der Waals surface area contributed by atoms with Crippen molar-refractivity contribution >= 4 is 35.7 Å². The van der Waals surface area contributed by atoms with Crippen molar-refractivity contribution in [2.45, 2.75) is 38.6 Å². The fourth-order valence-corrected chi connectivity index (χ4v) is 3.20. The van der Waals surface area contributed by atoms with Crippen LogP contribution in [0.4, 0.5) is 0 Å². The number of ether oxygens (including phenoxy) is 1. The highest BCUT2D eigenvalue weighted by molar-refractivity contribution is 6.24. The second-order valence-corrected chi connectivity index (χ2v) is 6.57. The molecule has 4 amide bonds. The molecule has 1 N–H and O–H groups in total. The Morgan fingerprint density at radius 1 is 1.25 bits per heavy atom. The minimum absolute atomic E-state index is 0.0557. The standard InChI is InChI=1S/C20H20N2O6/c1-2-3-11-28-16(24)10-7-12-5-4-6-13-17(12)20(27)22(19(13)26)14-8-9-15(23)21-18(14)25/h4-7,10,14H,2-3,8-9,11H2,1H3,(H,21,23,25)/b10-7+. The first-order chi connectivity index (χ1) is 13.4. The van der Waals surface area contributed by atoms with Crippen LogP contribution in [0.15, 0.2) is 24.3 Å². The van der Waals surface area contributed by atoms with Gasteiger partial charge < -0.3 is 4.74 Å². The number of benzene rings is 1. The van der Waals surface area contributed by atoms with Crippen molar-refractivity contribution in [1.82, 2.24) is 10.2 Å². The Balaban J connectivity index is 1.83. The molecule has 0 aromatic heterocycles. The van der Waals surface area contributed by atoms with E-state index in [1.807, 2.05) is 6.92 Å². The molecule has 1 saturated heterocycles. The summed E-state index contributed by atoms with van der Waals surface area (Å²) in [5, 5.41) is 2.15. The number of piperidine rings is 1. The lowest BCUT2D eigenvalue weighted by Gasteiger charge is -2.27. The van der Waals surface area contributed by atoms with Crippen molar-refractivity contribution in [2.24, 2.45) is 0 Å². The second-order valence-electron chi connectivity index (χ2n) is 6.57. The van der Waals surface area contributed by atoms with Gasteiger partial charge >= 0.3 is 5.97 Å². The summed E-state index contributed by atoms with van der Waals surface area (Å²) in [4.78, 5) is 61.7. The van der Waals surface area contributed by atoms with Gasteiger partial charge in [0.2, 0.25) is 11.8 Å². The predicted molar refractivity (Wildman–Crippen MR) is 98.0 cm³/mol. The van der Waals surface area contributed by atoms with Gasteiger partial charge in [0.05, 0.1) is 17.7 Å². The first-order valence-electron chi connectivity index (χ1n) is 9.13. The van der Waals surface area contributed by atoms with E-state index in [1.54, 1.807) is 12.1 Å². The molecule has 1 aromatic carbocycles. The first-order valence-corrected chi connectivity index (χ1v) is 9.13. The van der Waals surface area contributed by atoms with Crippen molar-refractivity contribution in [2.75, 3.05) is 6.61 Å². The summed E-state index contributed by atoms with van der Waals surface area (Å²) in [5.74, 6) is -2.83. The summed E-state index contributed by atoms with van der Waals surface area (Å²) in [7, 11) is 0. The minimum Gasteiger partial charge on any atom is -0.463 e. The Morgan fingerprint density at radius 3 is 2.75 bits per heavy atom. The average molecular weight is 384 g/mol. The van der Waals surface area contributed by atoms with E-state index in [0.29, 0.717) is 12.2 Å². The molecular weight excluding hydrogens is 364 g/mol. The van der Waals surface area contributed by atoms with Gasteiger partial charge in [-0.1, -0.05) is 25.5 Å². The third-order valence-electron chi connectivity index (χ3n) is 4.64. The number of carbonyl (C=O) groups is 5. The van der Waals surface area contributed by atoms with E-state index in [9.17, 15) is 24.0 Å². The Labute approximate surface area is 161 Å². The molecule has 8 heteroatoms. The van der Waals surface area contributed by atoms with Gasteiger partial charge in [-0.25, -0.2) is 4.79 Å². The molecule has 2 heterocycles. The molecule has 1 unspecified atom stereocenters. The van der Waals surface area contributed by atoms with E-state index in [2.05, 4.69) is 5.32 Å². The van der Waals surface area contributed by atoms with Gasteiger partial charge in [0.1, 0.15) is 6.04 Å². The molecule has 2 aliphatic heterocycles. The maximum absolute atomic E-state index is 12.9. The number of fused-ring (bicyclic) bond motifs is 1. The smallest absolute Gasteiger partial charge is 0.330 e. The number of imide groups is 2. The SMILES string of the molecule is CCCCOC(=O)/C=C/c1cccc2c1C(=O)N(C1CCC(=O)NC1=O)C2=O. The number of nitrogens with zero attached hydrogens (tertiary/aromatic N) is 1. The summed E-state index contributed by atoms with van der Waals surface area (Å²) < 4.78 is 5.04. The van der Waals surface area contributed by atoms with E-state index in [1.165, 1.54) is 18.2 Å². The predicted octanol–water partition coefficient (Wildman–Crippen LogP) is 1.44. The highest BCUT2D eigenvalue weighted by Gasteiger charge is 2.45. The number of unbranched alkanes of at least 4 members (excludes halogenated alkanes) is 1. The molecule has 0 spiro atoms. The molecule has 1 atom stereocenters. The van der Waals surface area contributed by atoms with Crippen molar-refractivity contribution in [3.8, 4) is 0 Å². The van der Waals surface area contributed by atoms with Crippen molar-refractivity contribution in [3.05, 3.63) is 41.0 Å². The summed E-state index contributed by atoms with van der Waals surface area (Å²) in [6, 6.07) is 3.67. The van der Waals surface area contributed by atoms with Gasteiger partial charge in [0.25, 0.3) is 11.8 Å².